The van der Waals surface area contributed by atoms with E-state index in [2.05, 4.69) is 27.8 Å². The molecule has 102 valence electrons. The van der Waals surface area contributed by atoms with Gasteiger partial charge in [0, 0.05) is 10.9 Å². The standard InChI is InChI=1S/C17H15BrO2/c18-16-10-6-11-17(15(16)9-4-5-12-19)20-13-14-7-2-1-3-8-14/h1-3,6-8,10-11,19H,5,12-13H2. The fraction of sp³-hybridized carbons (Fsp3) is 0.176. The zero-order valence-corrected chi connectivity index (χ0v) is 12.6. The summed E-state index contributed by atoms with van der Waals surface area (Å²) in [6.45, 7) is 0.573. The van der Waals surface area contributed by atoms with E-state index in [4.69, 9.17) is 9.84 Å². The molecule has 0 aliphatic heterocycles. The van der Waals surface area contributed by atoms with E-state index >= 15 is 0 Å². The summed E-state index contributed by atoms with van der Waals surface area (Å²) in [6, 6.07) is 15.7. The molecule has 2 nitrogen and oxygen atoms in total. The molecule has 0 unspecified atom stereocenters. The quantitative estimate of drug-likeness (QED) is 0.865. The van der Waals surface area contributed by atoms with Gasteiger partial charge >= 0.3 is 0 Å². The Labute approximate surface area is 127 Å². The summed E-state index contributed by atoms with van der Waals surface area (Å²) in [5, 5.41) is 8.79. The first kappa shape index (κ1) is 14.6. The summed E-state index contributed by atoms with van der Waals surface area (Å²) >= 11 is 3.48. The third-order valence-electron chi connectivity index (χ3n) is 2.66. The molecular formula is C17H15BrO2. The van der Waals surface area contributed by atoms with Gasteiger partial charge in [-0.25, -0.2) is 0 Å². The molecule has 2 aromatic carbocycles. The van der Waals surface area contributed by atoms with E-state index in [9.17, 15) is 0 Å². The maximum absolute atomic E-state index is 8.79. The molecule has 0 radical (unpaired) electrons. The van der Waals surface area contributed by atoms with Crippen molar-refractivity contribution >= 4 is 15.9 Å². The number of benzene rings is 2. The predicted molar refractivity (Wildman–Crippen MR) is 83.5 cm³/mol. The van der Waals surface area contributed by atoms with Gasteiger partial charge in [-0.05, 0) is 33.6 Å². The van der Waals surface area contributed by atoms with Gasteiger partial charge in [0.1, 0.15) is 12.4 Å². The van der Waals surface area contributed by atoms with Gasteiger partial charge in [0.25, 0.3) is 0 Å². The number of halogens is 1. The lowest BCUT2D eigenvalue weighted by atomic mass is 10.2. The van der Waals surface area contributed by atoms with Crippen LogP contribution in [0.4, 0.5) is 0 Å². The fourth-order valence-corrected chi connectivity index (χ4v) is 2.14. The van der Waals surface area contributed by atoms with E-state index in [0.29, 0.717) is 13.0 Å². The van der Waals surface area contributed by atoms with Gasteiger partial charge in [-0.2, -0.15) is 0 Å². The van der Waals surface area contributed by atoms with Crippen molar-refractivity contribution in [3.63, 3.8) is 0 Å². The fourth-order valence-electron chi connectivity index (χ4n) is 1.69. The normalized spacial score (nSPS) is 9.70. The van der Waals surface area contributed by atoms with Crippen LogP contribution in [0.5, 0.6) is 5.75 Å². The number of rotatable bonds is 4. The number of hydrogen-bond donors (Lipinski definition) is 1. The molecule has 0 amide bonds. The van der Waals surface area contributed by atoms with Crippen molar-refractivity contribution in [1.29, 1.82) is 0 Å². The van der Waals surface area contributed by atoms with E-state index < -0.39 is 0 Å². The summed E-state index contributed by atoms with van der Waals surface area (Å²) in [5.41, 5.74) is 1.93. The lowest BCUT2D eigenvalue weighted by Crippen LogP contribution is -1.97. The number of aliphatic hydroxyl groups excluding tert-OH is 1. The summed E-state index contributed by atoms with van der Waals surface area (Å²) in [7, 11) is 0. The molecule has 0 aromatic heterocycles. The van der Waals surface area contributed by atoms with Crippen molar-refractivity contribution in [1.82, 2.24) is 0 Å². The van der Waals surface area contributed by atoms with Gasteiger partial charge in [0.2, 0.25) is 0 Å². The minimum absolute atomic E-state index is 0.0671. The van der Waals surface area contributed by atoms with Crippen molar-refractivity contribution in [2.45, 2.75) is 13.0 Å². The van der Waals surface area contributed by atoms with Crippen LogP contribution in [0, 0.1) is 11.8 Å². The first-order chi connectivity index (χ1) is 9.81. The Hall–Kier alpha value is -1.76. The number of hydrogen-bond acceptors (Lipinski definition) is 2. The molecule has 0 heterocycles. The van der Waals surface area contributed by atoms with Crippen molar-refractivity contribution < 1.29 is 9.84 Å². The van der Waals surface area contributed by atoms with Crippen LogP contribution in [0.15, 0.2) is 53.0 Å². The SMILES string of the molecule is OCCC#Cc1c(Br)cccc1OCc1ccccc1. The van der Waals surface area contributed by atoms with E-state index in [1.165, 1.54) is 0 Å². The summed E-state index contributed by atoms with van der Waals surface area (Å²) in [5.74, 6) is 6.70. The molecule has 2 aromatic rings. The predicted octanol–water partition coefficient (Wildman–Crippen LogP) is 3.76. The first-order valence-electron chi connectivity index (χ1n) is 6.36. The van der Waals surface area contributed by atoms with Crippen LogP contribution in [-0.2, 0) is 6.61 Å². The van der Waals surface area contributed by atoms with Gasteiger partial charge in [0.15, 0.2) is 0 Å². The number of ether oxygens (including phenoxy) is 1. The monoisotopic (exact) mass is 330 g/mol. The highest BCUT2D eigenvalue weighted by Gasteiger charge is 2.05. The average molecular weight is 331 g/mol. The zero-order chi connectivity index (χ0) is 14.2. The minimum Gasteiger partial charge on any atom is -0.488 e. The van der Waals surface area contributed by atoms with Gasteiger partial charge in [-0.1, -0.05) is 48.2 Å². The van der Waals surface area contributed by atoms with E-state index in [1.54, 1.807) is 0 Å². The number of aliphatic hydroxyl groups is 1. The first-order valence-corrected chi connectivity index (χ1v) is 7.15. The average Bonchev–Trinajstić information content (AvgIpc) is 2.48. The molecule has 0 atom stereocenters. The Balaban J connectivity index is 2.15. The summed E-state index contributed by atoms with van der Waals surface area (Å²) in [4.78, 5) is 0. The van der Waals surface area contributed by atoms with Crippen LogP contribution in [0.1, 0.15) is 17.5 Å². The topological polar surface area (TPSA) is 29.5 Å². The van der Waals surface area contributed by atoms with Gasteiger partial charge < -0.3 is 9.84 Å². The van der Waals surface area contributed by atoms with Crippen molar-refractivity contribution in [3.8, 4) is 17.6 Å². The minimum atomic E-state index is 0.0671. The largest absolute Gasteiger partial charge is 0.488 e. The lowest BCUT2D eigenvalue weighted by molar-refractivity contribution is 0.304. The second-order valence-corrected chi connectivity index (χ2v) is 5.02. The Morgan fingerprint density at radius 1 is 1.05 bits per heavy atom. The second-order valence-electron chi connectivity index (χ2n) is 4.16. The molecule has 0 aliphatic rings. The maximum Gasteiger partial charge on any atom is 0.136 e. The Morgan fingerprint density at radius 2 is 1.85 bits per heavy atom. The van der Waals surface area contributed by atoms with Crippen LogP contribution in [-0.4, -0.2) is 11.7 Å². The lowest BCUT2D eigenvalue weighted by Gasteiger charge is -2.09. The van der Waals surface area contributed by atoms with E-state index in [0.717, 1.165) is 21.3 Å². The molecule has 1 N–H and O–H groups in total. The highest BCUT2D eigenvalue weighted by Crippen LogP contribution is 2.26. The zero-order valence-electron chi connectivity index (χ0n) is 11.0. The molecule has 0 fully saturated rings. The van der Waals surface area contributed by atoms with Gasteiger partial charge in [-0.15, -0.1) is 0 Å². The van der Waals surface area contributed by atoms with Crippen molar-refractivity contribution in [3.05, 3.63) is 64.1 Å². The van der Waals surface area contributed by atoms with Crippen molar-refractivity contribution in [2.75, 3.05) is 6.61 Å². The molecule has 3 heteroatoms. The highest BCUT2D eigenvalue weighted by molar-refractivity contribution is 9.10. The second kappa shape index (κ2) is 7.74. The Kier molecular flexibility index (Phi) is 5.67. The maximum atomic E-state index is 8.79. The van der Waals surface area contributed by atoms with E-state index in [1.807, 2.05) is 48.5 Å². The van der Waals surface area contributed by atoms with E-state index in [-0.39, 0.29) is 6.61 Å². The smallest absolute Gasteiger partial charge is 0.136 e. The van der Waals surface area contributed by atoms with Crippen LogP contribution in [0.2, 0.25) is 0 Å². The third kappa shape index (κ3) is 4.12. The molecular weight excluding hydrogens is 316 g/mol. The molecule has 2 rings (SSSR count). The Morgan fingerprint density at radius 3 is 2.60 bits per heavy atom. The molecule has 0 aliphatic carbocycles. The molecule has 0 spiro atoms. The van der Waals surface area contributed by atoms with Crippen LogP contribution in [0.3, 0.4) is 0 Å². The van der Waals surface area contributed by atoms with Crippen molar-refractivity contribution in [2.24, 2.45) is 0 Å². The molecule has 0 bridgehead atoms. The van der Waals surface area contributed by atoms with Gasteiger partial charge in [-0.3, -0.25) is 0 Å². The van der Waals surface area contributed by atoms with Crippen LogP contribution in [0.25, 0.3) is 0 Å². The Bertz CT molecular complexity index is 612. The van der Waals surface area contributed by atoms with Crippen LogP contribution >= 0.6 is 15.9 Å². The third-order valence-corrected chi connectivity index (χ3v) is 3.32. The molecule has 0 saturated carbocycles. The molecule has 0 saturated heterocycles. The summed E-state index contributed by atoms with van der Waals surface area (Å²) < 4.78 is 6.74. The highest BCUT2D eigenvalue weighted by atomic mass is 79.9. The van der Waals surface area contributed by atoms with Crippen LogP contribution < -0.4 is 4.74 Å². The summed E-state index contributed by atoms with van der Waals surface area (Å²) in [6.07, 6.45) is 0.458. The van der Waals surface area contributed by atoms with Gasteiger partial charge in [0.05, 0.1) is 12.2 Å². The molecule has 20 heavy (non-hydrogen) atoms.